The van der Waals surface area contributed by atoms with Crippen LogP contribution in [0.25, 0.3) is 0 Å². The molecule has 0 unspecified atom stereocenters. The summed E-state index contributed by atoms with van der Waals surface area (Å²) in [6.07, 6.45) is 7.57. The highest BCUT2D eigenvalue weighted by atomic mass is 35.5. The first-order valence-corrected chi connectivity index (χ1v) is 8.28. The molecule has 1 aromatic heterocycles. The van der Waals surface area contributed by atoms with Gasteiger partial charge in [0.1, 0.15) is 0 Å². The zero-order chi connectivity index (χ0) is 16.5. The minimum Gasteiger partial charge on any atom is -0.493 e. The summed E-state index contributed by atoms with van der Waals surface area (Å²) in [5.74, 6) is 1.42. The summed E-state index contributed by atoms with van der Waals surface area (Å²) in [4.78, 5) is 4.03. The molecule has 0 amide bonds. The molecule has 0 aliphatic heterocycles. The Morgan fingerprint density at radius 2 is 2.17 bits per heavy atom. The second-order valence-corrected chi connectivity index (χ2v) is 5.68. The normalized spacial score (nSPS) is 10.7. The maximum Gasteiger partial charge on any atom is 0.162 e. The number of benzene rings is 1. The number of nitrogens with zero attached hydrogens (tertiary/aromatic N) is 2. The summed E-state index contributed by atoms with van der Waals surface area (Å²) >= 11 is 6.34. The lowest BCUT2D eigenvalue weighted by molar-refractivity contribution is 0.294. The largest absolute Gasteiger partial charge is 0.493 e. The number of nitrogens with one attached hydrogen (secondary N) is 1. The quantitative estimate of drug-likeness (QED) is 0.674. The Balaban J connectivity index is 1.84. The lowest BCUT2D eigenvalue weighted by Gasteiger charge is -2.14. The van der Waals surface area contributed by atoms with Crippen LogP contribution in [0.15, 0.2) is 30.9 Å². The molecule has 0 saturated carbocycles. The number of hydrogen-bond acceptors (Lipinski definition) is 4. The van der Waals surface area contributed by atoms with Gasteiger partial charge in [0, 0.05) is 36.6 Å². The van der Waals surface area contributed by atoms with Crippen molar-refractivity contribution in [2.24, 2.45) is 0 Å². The van der Waals surface area contributed by atoms with Gasteiger partial charge in [0.05, 0.1) is 20.0 Å². The van der Waals surface area contributed by atoms with Gasteiger partial charge in [-0.15, -0.1) is 0 Å². The second-order valence-electron chi connectivity index (χ2n) is 5.27. The summed E-state index contributed by atoms with van der Waals surface area (Å²) in [5, 5.41) is 4.10. The van der Waals surface area contributed by atoms with E-state index in [4.69, 9.17) is 21.1 Å². The lowest BCUT2D eigenvalue weighted by Crippen LogP contribution is -2.16. The van der Waals surface area contributed by atoms with Gasteiger partial charge < -0.3 is 19.4 Å². The molecule has 1 N–H and O–H groups in total. The molecule has 5 nitrogen and oxygen atoms in total. The van der Waals surface area contributed by atoms with Crippen LogP contribution in [0.4, 0.5) is 0 Å². The van der Waals surface area contributed by atoms with Crippen molar-refractivity contribution in [3.8, 4) is 11.5 Å². The molecule has 0 atom stereocenters. The van der Waals surface area contributed by atoms with E-state index in [0.717, 1.165) is 37.2 Å². The fourth-order valence-electron chi connectivity index (χ4n) is 2.23. The zero-order valence-electron chi connectivity index (χ0n) is 13.7. The van der Waals surface area contributed by atoms with Crippen LogP contribution in [0.5, 0.6) is 11.5 Å². The topological polar surface area (TPSA) is 48.3 Å². The van der Waals surface area contributed by atoms with Gasteiger partial charge >= 0.3 is 0 Å². The van der Waals surface area contributed by atoms with E-state index in [2.05, 4.69) is 21.8 Å². The third-order valence-electron chi connectivity index (χ3n) is 3.44. The molecule has 2 rings (SSSR count). The third-order valence-corrected chi connectivity index (χ3v) is 3.79. The summed E-state index contributed by atoms with van der Waals surface area (Å²) < 4.78 is 13.1. The standard InChI is InChI=1S/C17H24ClN3O2/c1-3-9-23-17-11-15(18)14(10-16(17)22-2)12-19-5-4-7-21-8-6-20-13-21/h6,8,10-11,13,19H,3-5,7,9,12H2,1-2H3. The van der Waals surface area contributed by atoms with Crippen LogP contribution >= 0.6 is 11.6 Å². The van der Waals surface area contributed by atoms with Crippen LogP contribution in [0.2, 0.25) is 5.02 Å². The van der Waals surface area contributed by atoms with E-state index >= 15 is 0 Å². The van der Waals surface area contributed by atoms with Crippen LogP contribution in [0.3, 0.4) is 0 Å². The number of imidazole rings is 1. The predicted molar refractivity (Wildman–Crippen MR) is 92.3 cm³/mol. The highest BCUT2D eigenvalue weighted by molar-refractivity contribution is 6.31. The summed E-state index contributed by atoms with van der Waals surface area (Å²) in [5.41, 5.74) is 1.01. The summed E-state index contributed by atoms with van der Waals surface area (Å²) in [6, 6.07) is 3.77. The molecular formula is C17H24ClN3O2. The Labute approximate surface area is 142 Å². The molecule has 0 spiro atoms. The predicted octanol–water partition coefficient (Wildman–Crippen LogP) is 3.51. The van der Waals surface area contributed by atoms with Crippen molar-refractivity contribution < 1.29 is 9.47 Å². The van der Waals surface area contributed by atoms with E-state index in [1.807, 2.05) is 24.7 Å². The monoisotopic (exact) mass is 337 g/mol. The van der Waals surface area contributed by atoms with Crippen molar-refractivity contribution in [2.45, 2.75) is 32.9 Å². The molecule has 1 heterocycles. The van der Waals surface area contributed by atoms with Gasteiger partial charge in [0.15, 0.2) is 11.5 Å². The number of aryl methyl sites for hydroxylation is 1. The highest BCUT2D eigenvalue weighted by Gasteiger charge is 2.10. The van der Waals surface area contributed by atoms with Gasteiger partial charge in [-0.2, -0.15) is 0 Å². The molecule has 0 bridgehead atoms. The third kappa shape index (κ3) is 5.44. The van der Waals surface area contributed by atoms with E-state index in [9.17, 15) is 0 Å². The van der Waals surface area contributed by atoms with E-state index in [1.54, 1.807) is 13.3 Å². The molecule has 0 aliphatic rings. The number of rotatable bonds is 10. The Hall–Kier alpha value is -1.72. The molecule has 2 aromatic rings. The van der Waals surface area contributed by atoms with Gasteiger partial charge in [-0.05, 0) is 31.0 Å². The Morgan fingerprint density at radius 3 is 2.87 bits per heavy atom. The first-order chi connectivity index (χ1) is 11.2. The number of halogens is 1. The molecule has 1 aromatic carbocycles. The van der Waals surface area contributed by atoms with E-state index in [1.165, 1.54) is 0 Å². The van der Waals surface area contributed by atoms with Crippen molar-refractivity contribution in [3.05, 3.63) is 41.4 Å². The number of aromatic nitrogens is 2. The molecule has 0 radical (unpaired) electrons. The van der Waals surface area contributed by atoms with Crippen molar-refractivity contribution in [2.75, 3.05) is 20.3 Å². The van der Waals surface area contributed by atoms with Crippen molar-refractivity contribution in [3.63, 3.8) is 0 Å². The van der Waals surface area contributed by atoms with Crippen molar-refractivity contribution in [1.29, 1.82) is 0 Å². The van der Waals surface area contributed by atoms with Gasteiger partial charge in [0.25, 0.3) is 0 Å². The summed E-state index contributed by atoms with van der Waals surface area (Å²) in [6.45, 7) is 5.28. The average Bonchev–Trinajstić information content (AvgIpc) is 3.07. The average molecular weight is 338 g/mol. The fourth-order valence-corrected chi connectivity index (χ4v) is 2.45. The minimum absolute atomic E-state index is 0.651. The first-order valence-electron chi connectivity index (χ1n) is 7.90. The molecular weight excluding hydrogens is 314 g/mol. The SMILES string of the molecule is CCCOc1cc(Cl)c(CNCCCn2ccnc2)cc1OC. The Morgan fingerprint density at radius 1 is 1.30 bits per heavy atom. The second kappa shape index (κ2) is 9.43. The van der Waals surface area contributed by atoms with Gasteiger partial charge in [-0.1, -0.05) is 18.5 Å². The minimum atomic E-state index is 0.651. The van der Waals surface area contributed by atoms with E-state index in [0.29, 0.717) is 23.9 Å². The van der Waals surface area contributed by atoms with Crippen molar-refractivity contribution in [1.82, 2.24) is 14.9 Å². The Bertz CT molecular complexity index is 588. The maximum atomic E-state index is 6.34. The number of methoxy groups -OCH3 is 1. The molecule has 0 fully saturated rings. The highest BCUT2D eigenvalue weighted by Crippen LogP contribution is 2.33. The zero-order valence-corrected chi connectivity index (χ0v) is 14.5. The van der Waals surface area contributed by atoms with Crippen LogP contribution in [-0.4, -0.2) is 29.8 Å². The van der Waals surface area contributed by atoms with E-state index in [-0.39, 0.29) is 0 Å². The van der Waals surface area contributed by atoms with Gasteiger partial charge in [-0.3, -0.25) is 0 Å². The fraction of sp³-hybridized carbons (Fsp3) is 0.471. The van der Waals surface area contributed by atoms with Crippen LogP contribution in [0.1, 0.15) is 25.3 Å². The molecule has 6 heteroatoms. The molecule has 0 aliphatic carbocycles. The van der Waals surface area contributed by atoms with Crippen LogP contribution in [-0.2, 0) is 13.1 Å². The van der Waals surface area contributed by atoms with Gasteiger partial charge in [0.2, 0.25) is 0 Å². The molecule has 0 saturated heterocycles. The van der Waals surface area contributed by atoms with Crippen molar-refractivity contribution >= 4 is 11.6 Å². The maximum absolute atomic E-state index is 6.34. The lowest BCUT2D eigenvalue weighted by atomic mass is 10.2. The summed E-state index contributed by atoms with van der Waals surface area (Å²) in [7, 11) is 1.64. The van der Waals surface area contributed by atoms with Gasteiger partial charge in [-0.25, -0.2) is 4.98 Å². The molecule has 126 valence electrons. The Kier molecular flexibility index (Phi) is 7.23. The number of hydrogen-bond donors (Lipinski definition) is 1. The molecule has 23 heavy (non-hydrogen) atoms. The van der Waals surface area contributed by atoms with Crippen LogP contribution in [0, 0.1) is 0 Å². The number of ether oxygens (including phenoxy) is 2. The first kappa shape index (κ1) is 17.6. The smallest absolute Gasteiger partial charge is 0.162 e. The van der Waals surface area contributed by atoms with Crippen LogP contribution < -0.4 is 14.8 Å². The van der Waals surface area contributed by atoms with E-state index < -0.39 is 0 Å².